The molecule has 2 aliphatic rings. The molecule has 6 rings (SSSR count). The Bertz CT molecular complexity index is 1700. The standard InChI is InChI=1S/C30H29FN3O5/c1-3-20-21-13-19(38-12-6-11-33-10-5-7-18(31)15-33)8-9-25(21)32-27-22(20)16-34-26(27)14-24-23(28(34)35)17-39-29(36)30(24,37)4-2/h5,7-10,13-15,37H,3-4,6,11-12,16-17H2,1-2H3/q+1/t30-/m0/s1. The normalized spacial score (nSPS) is 17.5. The van der Waals surface area contributed by atoms with Gasteiger partial charge in [-0.3, -0.25) is 4.79 Å². The third kappa shape index (κ3) is 4.08. The van der Waals surface area contributed by atoms with Crippen molar-refractivity contribution in [1.82, 2.24) is 9.55 Å². The molecule has 200 valence electrons. The number of ether oxygens (including phenoxy) is 2. The Kier molecular flexibility index (Phi) is 6.18. The fourth-order valence-electron chi connectivity index (χ4n) is 5.70. The summed E-state index contributed by atoms with van der Waals surface area (Å²) < 4.78 is 28.0. The zero-order valence-corrected chi connectivity index (χ0v) is 21.9. The van der Waals surface area contributed by atoms with Gasteiger partial charge in [0.05, 0.1) is 35.6 Å². The average molecular weight is 531 g/mol. The van der Waals surface area contributed by atoms with Gasteiger partial charge in [0.2, 0.25) is 6.20 Å². The van der Waals surface area contributed by atoms with E-state index in [0.29, 0.717) is 48.6 Å². The molecule has 0 saturated carbocycles. The Labute approximate surface area is 224 Å². The summed E-state index contributed by atoms with van der Waals surface area (Å²) in [6.07, 6.45) is 4.83. The van der Waals surface area contributed by atoms with Gasteiger partial charge in [-0.25, -0.2) is 18.7 Å². The minimum absolute atomic E-state index is 0.101. The number of benzene rings is 1. The summed E-state index contributed by atoms with van der Waals surface area (Å²) in [5, 5.41) is 12.1. The highest BCUT2D eigenvalue weighted by atomic mass is 19.1. The van der Waals surface area contributed by atoms with Crippen LogP contribution in [0.25, 0.3) is 22.3 Å². The van der Waals surface area contributed by atoms with Crippen LogP contribution in [0.5, 0.6) is 5.75 Å². The second-order valence-electron chi connectivity index (χ2n) is 10.0. The summed E-state index contributed by atoms with van der Waals surface area (Å²) in [5.74, 6) is -0.287. The topological polar surface area (TPSA) is 94.5 Å². The minimum Gasteiger partial charge on any atom is -0.493 e. The molecule has 0 fully saturated rings. The maximum atomic E-state index is 13.5. The smallest absolute Gasteiger partial charge is 0.343 e. The Morgan fingerprint density at radius 1 is 1.21 bits per heavy atom. The van der Waals surface area contributed by atoms with Crippen molar-refractivity contribution >= 4 is 16.9 Å². The van der Waals surface area contributed by atoms with Crippen LogP contribution in [0.3, 0.4) is 0 Å². The van der Waals surface area contributed by atoms with E-state index in [2.05, 4.69) is 6.92 Å². The fraction of sp³-hybridized carbons (Fsp3) is 0.333. The highest BCUT2D eigenvalue weighted by molar-refractivity contribution is 5.90. The number of hydrogen-bond donors (Lipinski definition) is 1. The van der Waals surface area contributed by atoms with Crippen LogP contribution in [0.4, 0.5) is 4.39 Å². The van der Waals surface area contributed by atoms with Crippen molar-refractivity contribution in [2.75, 3.05) is 6.61 Å². The van der Waals surface area contributed by atoms with Crippen molar-refractivity contribution < 1.29 is 28.3 Å². The molecule has 1 aromatic carbocycles. The van der Waals surface area contributed by atoms with Gasteiger partial charge in [-0.05, 0) is 48.7 Å². The van der Waals surface area contributed by atoms with Gasteiger partial charge in [0.25, 0.3) is 5.56 Å². The summed E-state index contributed by atoms with van der Waals surface area (Å²) in [6, 6.07) is 10.6. The molecule has 0 amide bonds. The maximum absolute atomic E-state index is 13.5. The monoisotopic (exact) mass is 530 g/mol. The molecule has 5 heterocycles. The summed E-state index contributed by atoms with van der Waals surface area (Å²) in [7, 11) is 0. The molecule has 8 nitrogen and oxygen atoms in total. The number of halogens is 1. The molecule has 1 atom stereocenters. The Morgan fingerprint density at radius 3 is 2.82 bits per heavy atom. The van der Waals surface area contributed by atoms with Gasteiger partial charge in [-0.15, -0.1) is 0 Å². The van der Waals surface area contributed by atoms with E-state index in [-0.39, 0.29) is 24.4 Å². The summed E-state index contributed by atoms with van der Waals surface area (Å²) >= 11 is 0. The van der Waals surface area contributed by atoms with Gasteiger partial charge in [-0.1, -0.05) is 13.8 Å². The largest absolute Gasteiger partial charge is 0.493 e. The van der Waals surface area contributed by atoms with E-state index in [1.807, 2.05) is 24.4 Å². The number of carbonyl (C=O) groups is 1. The van der Waals surface area contributed by atoms with Gasteiger partial charge in [0, 0.05) is 29.0 Å². The van der Waals surface area contributed by atoms with E-state index in [1.165, 1.54) is 12.3 Å². The number of esters is 1. The van der Waals surface area contributed by atoms with E-state index < -0.39 is 11.6 Å². The Balaban J connectivity index is 1.33. The predicted octanol–water partition coefficient (Wildman–Crippen LogP) is 3.54. The molecule has 39 heavy (non-hydrogen) atoms. The average Bonchev–Trinajstić information content (AvgIpc) is 3.30. The lowest BCUT2D eigenvalue weighted by molar-refractivity contribution is -0.698. The maximum Gasteiger partial charge on any atom is 0.343 e. The predicted molar refractivity (Wildman–Crippen MR) is 141 cm³/mol. The van der Waals surface area contributed by atoms with Gasteiger partial charge in [-0.2, -0.15) is 0 Å². The number of aliphatic hydroxyl groups is 1. The van der Waals surface area contributed by atoms with Crippen molar-refractivity contribution in [3.05, 3.63) is 87.2 Å². The minimum atomic E-state index is -1.85. The van der Waals surface area contributed by atoms with Gasteiger partial charge < -0.3 is 19.1 Å². The number of rotatable bonds is 7. The first kappa shape index (κ1) is 25.2. The first-order chi connectivity index (χ1) is 18.8. The fourth-order valence-corrected chi connectivity index (χ4v) is 5.70. The molecule has 3 aromatic heterocycles. The highest BCUT2D eigenvalue weighted by Crippen LogP contribution is 2.40. The first-order valence-electron chi connectivity index (χ1n) is 13.2. The number of cyclic esters (lactones) is 1. The molecule has 0 radical (unpaired) electrons. The van der Waals surface area contributed by atoms with Crippen LogP contribution < -0.4 is 14.9 Å². The van der Waals surface area contributed by atoms with Gasteiger partial charge >= 0.3 is 5.97 Å². The number of aryl methyl sites for hydroxylation is 2. The molecule has 0 unspecified atom stereocenters. The Morgan fingerprint density at radius 2 is 2.05 bits per heavy atom. The number of pyridine rings is 3. The number of fused-ring (bicyclic) bond motifs is 5. The molecule has 4 aromatic rings. The molecular formula is C30H29FN3O5+. The molecular weight excluding hydrogens is 501 g/mol. The first-order valence-corrected chi connectivity index (χ1v) is 13.2. The lowest BCUT2D eigenvalue weighted by Crippen LogP contribution is -2.44. The van der Waals surface area contributed by atoms with Crippen LogP contribution in [0, 0.1) is 5.82 Å². The van der Waals surface area contributed by atoms with E-state index in [4.69, 9.17) is 14.5 Å². The van der Waals surface area contributed by atoms with E-state index in [1.54, 1.807) is 28.2 Å². The summed E-state index contributed by atoms with van der Waals surface area (Å²) in [5.41, 5.74) is 2.60. The SMILES string of the molecule is CCc1c2c(nc3ccc(OCCC[n+]4cccc(F)c4)cc13)-c1cc3c(c(=O)n1C2)COC(=O)[C@]3(O)CC. The quantitative estimate of drug-likeness (QED) is 0.197. The van der Waals surface area contributed by atoms with Crippen molar-refractivity contribution in [2.45, 2.75) is 58.4 Å². The van der Waals surface area contributed by atoms with Crippen LogP contribution in [-0.2, 0) is 41.2 Å². The Hall–Kier alpha value is -4.11. The molecule has 9 heteroatoms. The third-order valence-corrected chi connectivity index (χ3v) is 7.78. The van der Waals surface area contributed by atoms with Crippen LogP contribution in [0.2, 0.25) is 0 Å². The number of nitrogens with zero attached hydrogens (tertiary/aromatic N) is 3. The van der Waals surface area contributed by atoms with E-state index in [9.17, 15) is 19.1 Å². The molecule has 0 aliphatic carbocycles. The van der Waals surface area contributed by atoms with E-state index >= 15 is 0 Å². The number of hydrogen-bond acceptors (Lipinski definition) is 6. The molecule has 0 spiro atoms. The highest BCUT2D eigenvalue weighted by Gasteiger charge is 2.45. The van der Waals surface area contributed by atoms with Crippen LogP contribution in [0.15, 0.2) is 53.6 Å². The lowest BCUT2D eigenvalue weighted by Gasteiger charge is -2.31. The van der Waals surface area contributed by atoms with E-state index in [0.717, 1.165) is 34.2 Å². The zero-order chi connectivity index (χ0) is 27.3. The molecule has 0 bridgehead atoms. The molecule has 1 N–H and O–H groups in total. The van der Waals surface area contributed by atoms with Crippen LogP contribution in [0.1, 0.15) is 48.9 Å². The van der Waals surface area contributed by atoms with Crippen LogP contribution >= 0.6 is 0 Å². The third-order valence-electron chi connectivity index (χ3n) is 7.78. The second-order valence-corrected chi connectivity index (χ2v) is 10.0. The number of aromatic nitrogens is 3. The lowest BCUT2D eigenvalue weighted by atomic mass is 9.86. The molecule has 0 saturated heterocycles. The van der Waals surface area contributed by atoms with Gasteiger partial charge in [0.15, 0.2) is 24.2 Å². The molecule has 2 aliphatic heterocycles. The van der Waals surface area contributed by atoms with Crippen molar-refractivity contribution in [1.29, 1.82) is 0 Å². The second kappa shape index (κ2) is 9.57. The van der Waals surface area contributed by atoms with Crippen molar-refractivity contribution in [2.24, 2.45) is 0 Å². The summed E-state index contributed by atoms with van der Waals surface area (Å²) in [4.78, 5) is 30.8. The zero-order valence-electron chi connectivity index (χ0n) is 21.9. The van der Waals surface area contributed by atoms with Crippen LogP contribution in [-0.4, -0.2) is 27.2 Å². The summed E-state index contributed by atoms with van der Waals surface area (Å²) in [6.45, 7) is 5.08. The number of carbonyl (C=O) groups excluding carboxylic acids is 1. The van der Waals surface area contributed by atoms with Crippen molar-refractivity contribution in [3.8, 4) is 17.1 Å². The van der Waals surface area contributed by atoms with Crippen molar-refractivity contribution in [3.63, 3.8) is 0 Å². The van der Waals surface area contributed by atoms with Gasteiger partial charge in [0.1, 0.15) is 12.4 Å².